The number of fused-ring (bicyclic) bond motifs is 1. The van der Waals surface area contributed by atoms with E-state index in [1.165, 1.54) is 0 Å². The highest BCUT2D eigenvalue weighted by Gasteiger charge is 2.11. The van der Waals surface area contributed by atoms with E-state index in [1.54, 1.807) is 18.5 Å². The van der Waals surface area contributed by atoms with Gasteiger partial charge in [0.15, 0.2) is 0 Å². The molecular weight excluding hydrogens is 192 g/mol. The molecule has 0 aliphatic rings. The van der Waals surface area contributed by atoms with Crippen LogP contribution < -0.4 is 0 Å². The molecule has 2 aromatic heterocycles. The molecule has 0 atom stereocenters. The first-order valence-corrected chi connectivity index (χ1v) is 4.80. The Balaban J connectivity index is 2.32. The van der Waals surface area contributed by atoms with Gasteiger partial charge in [0.25, 0.3) is 0 Å². The van der Waals surface area contributed by atoms with Crippen LogP contribution in [-0.2, 0) is 4.74 Å². The van der Waals surface area contributed by atoms with Crippen LogP contribution in [0.4, 0.5) is 0 Å². The SMILES string of the molecule is CC(C)OC(=O)c1cc2cnccc2[nH]1. The number of rotatable bonds is 2. The maximum absolute atomic E-state index is 11.6. The monoisotopic (exact) mass is 204 g/mol. The fourth-order valence-electron chi connectivity index (χ4n) is 1.36. The van der Waals surface area contributed by atoms with Crippen molar-refractivity contribution in [3.05, 3.63) is 30.2 Å². The fourth-order valence-corrected chi connectivity index (χ4v) is 1.36. The molecule has 4 nitrogen and oxygen atoms in total. The van der Waals surface area contributed by atoms with E-state index in [2.05, 4.69) is 9.97 Å². The van der Waals surface area contributed by atoms with Crippen molar-refractivity contribution in [3.8, 4) is 0 Å². The highest BCUT2D eigenvalue weighted by molar-refractivity contribution is 5.94. The van der Waals surface area contributed by atoms with Gasteiger partial charge >= 0.3 is 5.97 Å². The summed E-state index contributed by atoms with van der Waals surface area (Å²) in [6.45, 7) is 3.64. The van der Waals surface area contributed by atoms with Gasteiger partial charge in [-0.1, -0.05) is 0 Å². The first-order chi connectivity index (χ1) is 7.16. The highest BCUT2D eigenvalue weighted by Crippen LogP contribution is 2.14. The topological polar surface area (TPSA) is 55.0 Å². The average Bonchev–Trinajstić information content (AvgIpc) is 2.59. The minimum Gasteiger partial charge on any atom is -0.458 e. The van der Waals surface area contributed by atoms with Gasteiger partial charge in [-0.2, -0.15) is 0 Å². The number of ether oxygens (including phenoxy) is 1. The van der Waals surface area contributed by atoms with E-state index in [9.17, 15) is 4.79 Å². The van der Waals surface area contributed by atoms with Crippen LogP contribution in [0.2, 0.25) is 0 Å². The number of aromatic amines is 1. The van der Waals surface area contributed by atoms with Crippen molar-refractivity contribution in [2.24, 2.45) is 0 Å². The van der Waals surface area contributed by atoms with Crippen molar-refractivity contribution in [1.82, 2.24) is 9.97 Å². The average molecular weight is 204 g/mol. The van der Waals surface area contributed by atoms with Crippen LogP contribution in [0.5, 0.6) is 0 Å². The van der Waals surface area contributed by atoms with Gasteiger partial charge in [-0.3, -0.25) is 4.98 Å². The Labute approximate surface area is 87.3 Å². The molecule has 2 aromatic rings. The lowest BCUT2D eigenvalue weighted by Gasteiger charge is -2.05. The molecule has 0 aromatic carbocycles. The van der Waals surface area contributed by atoms with Gasteiger partial charge in [0.1, 0.15) is 5.69 Å². The van der Waals surface area contributed by atoms with E-state index in [0.29, 0.717) is 5.69 Å². The van der Waals surface area contributed by atoms with Crippen LogP contribution in [0.15, 0.2) is 24.5 Å². The predicted octanol–water partition coefficient (Wildman–Crippen LogP) is 2.13. The molecular formula is C11H12N2O2. The second-order valence-corrected chi connectivity index (χ2v) is 3.60. The van der Waals surface area contributed by atoms with Crippen molar-refractivity contribution in [1.29, 1.82) is 0 Å². The van der Waals surface area contributed by atoms with Crippen molar-refractivity contribution < 1.29 is 9.53 Å². The molecule has 0 spiro atoms. The molecule has 78 valence electrons. The van der Waals surface area contributed by atoms with Crippen molar-refractivity contribution in [3.63, 3.8) is 0 Å². The minimum atomic E-state index is -0.332. The Bertz CT molecular complexity index is 455. The lowest BCUT2D eigenvalue weighted by Crippen LogP contribution is -2.11. The maximum Gasteiger partial charge on any atom is 0.355 e. The number of hydrogen-bond acceptors (Lipinski definition) is 3. The molecule has 0 bridgehead atoms. The molecule has 15 heavy (non-hydrogen) atoms. The summed E-state index contributed by atoms with van der Waals surface area (Å²) in [4.78, 5) is 18.5. The zero-order valence-electron chi connectivity index (χ0n) is 8.65. The Morgan fingerprint density at radius 2 is 2.33 bits per heavy atom. The van der Waals surface area contributed by atoms with Crippen LogP contribution in [0, 0.1) is 0 Å². The summed E-state index contributed by atoms with van der Waals surface area (Å²) in [6.07, 6.45) is 3.27. The Morgan fingerprint density at radius 1 is 1.53 bits per heavy atom. The molecule has 0 aliphatic carbocycles. The largest absolute Gasteiger partial charge is 0.458 e. The smallest absolute Gasteiger partial charge is 0.355 e. The van der Waals surface area contributed by atoms with Crippen molar-refractivity contribution in [2.75, 3.05) is 0 Å². The zero-order valence-corrected chi connectivity index (χ0v) is 8.65. The standard InChI is InChI=1S/C11H12N2O2/c1-7(2)15-11(14)10-5-8-6-12-4-3-9(8)13-10/h3-7,13H,1-2H3. The molecule has 2 rings (SSSR count). The summed E-state index contributed by atoms with van der Waals surface area (Å²) >= 11 is 0. The summed E-state index contributed by atoms with van der Waals surface area (Å²) in [5.41, 5.74) is 1.35. The normalized spacial score (nSPS) is 10.9. The van der Waals surface area contributed by atoms with E-state index < -0.39 is 0 Å². The number of esters is 1. The van der Waals surface area contributed by atoms with Gasteiger partial charge in [-0.05, 0) is 26.0 Å². The Kier molecular flexibility index (Phi) is 2.41. The maximum atomic E-state index is 11.6. The second-order valence-electron chi connectivity index (χ2n) is 3.60. The van der Waals surface area contributed by atoms with Crippen LogP contribution in [0.3, 0.4) is 0 Å². The number of H-pyrrole nitrogens is 1. The molecule has 2 heterocycles. The lowest BCUT2D eigenvalue weighted by molar-refractivity contribution is 0.0372. The zero-order chi connectivity index (χ0) is 10.8. The lowest BCUT2D eigenvalue weighted by atomic mass is 10.3. The molecule has 0 unspecified atom stereocenters. The predicted molar refractivity (Wildman–Crippen MR) is 56.6 cm³/mol. The number of pyridine rings is 1. The van der Waals surface area contributed by atoms with Gasteiger partial charge < -0.3 is 9.72 Å². The van der Waals surface area contributed by atoms with Gasteiger partial charge in [0.05, 0.1) is 6.10 Å². The molecule has 4 heteroatoms. The van der Waals surface area contributed by atoms with Gasteiger partial charge in [0, 0.05) is 23.3 Å². The van der Waals surface area contributed by atoms with Crippen LogP contribution >= 0.6 is 0 Å². The van der Waals surface area contributed by atoms with Crippen LogP contribution in [-0.4, -0.2) is 22.0 Å². The Morgan fingerprint density at radius 3 is 3.00 bits per heavy atom. The van der Waals surface area contributed by atoms with E-state index in [-0.39, 0.29) is 12.1 Å². The fraction of sp³-hybridized carbons (Fsp3) is 0.273. The third-order valence-electron chi connectivity index (χ3n) is 1.98. The highest BCUT2D eigenvalue weighted by atomic mass is 16.5. The Hall–Kier alpha value is -1.84. The number of nitrogens with one attached hydrogen (secondary N) is 1. The molecule has 1 N–H and O–H groups in total. The van der Waals surface area contributed by atoms with Gasteiger partial charge in [-0.25, -0.2) is 4.79 Å². The molecule has 0 saturated carbocycles. The minimum absolute atomic E-state index is 0.109. The molecule has 0 saturated heterocycles. The quantitative estimate of drug-likeness (QED) is 0.762. The van der Waals surface area contributed by atoms with Gasteiger partial charge in [-0.15, -0.1) is 0 Å². The second kappa shape index (κ2) is 3.73. The molecule has 0 amide bonds. The van der Waals surface area contributed by atoms with Gasteiger partial charge in [0.2, 0.25) is 0 Å². The van der Waals surface area contributed by atoms with Crippen LogP contribution in [0.25, 0.3) is 10.9 Å². The van der Waals surface area contributed by atoms with E-state index >= 15 is 0 Å². The van der Waals surface area contributed by atoms with E-state index in [1.807, 2.05) is 19.9 Å². The van der Waals surface area contributed by atoms with Crippen molar-refractivity contribution in [2.45, 2.75) is 20.0 Å². The number of nitrogens with zero attached hydrogens (tertiary/aromatic N) is 1. The molecule has 0 fully saturated rings. The summed E-state index contributed by atoms with van der Waals surface area (Å²) in [7, 11) is 0. The first-order valence-electron chi connectivity index (χ1n) is 4.80. The number of aromatic nitrogens is 2. The number of hydrogen-bond donors (Lipinski definition) is 1. The summed E-state index contributed by atoms with van der Waals surface area (Å²) in [5, 5.41) is 0.910. The third kappa shape index (κ3) is 1.98. The van der Waals surface area contributed by atoms with E-state index in [0.717, 1.165) is 10.9 Å². The van der Waals surface area contributed by atoms with E-state index in [4.69, 9.17) is 4.74 Å². The number of carbonyl (C=O) groups is 1. The number of carbonyl (C=O) groups excluding carboxylic acids is 1. The summed E-state index contributed by atoms with van der Waals surface area (Å²) in [5.74, 6) is -0.332. The molecule has 0 radical (unpaired) electrons. The molecule has 0 aliphatic heterocycles. The van der Waals surface area contributed by atoms with Crippen molar-refractivity contribution >= 4 is 16.9 Å². The summed E-state index contributed by atoms with van der Waals surface area (Å²) < 4.78 is 5.08. The first kappa shape index (κ1) is 9.71. The van der Waals surface area contributed by atoms with Crippen LogP contribution in [0.1, 0.15) is 24.3 Å². The third-order valence-corrected chi connectivity index (χ3v) is 1.98. The summed E-state index contributed by atoms with van der Waals surface area (Å²) in [6, 6.07) is 3.56.